The average molecular weight is 378 g/mol. The number of alkyl halides is 3. The van der Waals surface area contributed by atoms with E-state index in [1.54, 1.807) is 13.0 Å². The molecule has 0 spiro atoms. The molecular formula is C13H11ClF3N5OS. The first-order valence-corrected chi connectivity index (χ1v) is 7.78. The molecule has 0 radical (unpaired) electrons. The number of anilines is 2. The zero-order valence-corrected chi connectivity index (χ0v) is 13.8. The van der Waals surface area contributed by atoms with Crippen LogP contribution in [0.5, 0.6) is 0 Å². The van der Waals surface area contributed by atoms with Gasteiger partial charge >= 0.3 is 6.18 Å². The Bertz CT molecular complexity index is 752. The van der Waals surface area contributed by atoms with E-state index in [1.807, 2.05) is 0 Å². The normalized spacial score (nSPS) is 11.4. The van der Waals surface area contributed by atoms with E-state index in [1.165, 1.54) is 0 Å². The highest BCUT2D eigenvalue weighted by atomic mass is 35.5. The van der Waals surface area contributed by atoms with Gasteiger partial charge in [0, 0.05) is 18.0 Å². The summed E-state index contributed by atoms with van der Waals surface area (Å²) in [5.41, 5.74) is 5.23. The van der Waals surface area contributed by atoms with Crippen molar-refractivity contribution in [3.8, 4) is 0 Å². The van der Waals surface area contributed by atoms with E-state index >= 15 is 0 Å². The highest BCUT2D eigenvalue weighted by Crippen LogP contribution is 2.32. The van der Waals surface area contributed by atoms with Crippen LogP contribution in [-0.4, -0.2) is 26.6 Å². The summed E-state index contributed by atoms with van der Waals surface area (Å²) in [4.78, 5) is 23.4. The number of aromatic nitrogens is 3. The van der Waals surface area contributed by atoms with E-state index in [9.17, 15) is 18.0 Å². The quantitative estimate of drug-likeness (QED) is 0.628. The topological polar surface area (TPSA) is 93.8 Å². The number of nitrogens with one attached hydrogen (secondary N) is 1. The third-order valence-corrected chi connectivity index (χ3v) is 3.75. The number of amides is 1. The number of pyridine rings is 1. The molecule has 1 amide bonds. The number of aryl methyl sites for hydroxylation is 1. The van der Waals surface area contributed by atoms with Crippen molar-refractivity contribution in [2.45, 2.75) is 18.3 Å². The first-order chi connectivity index (χ1) is 11.1. The van der Waals surface area contributed by atoms with Crippen LogP contribution in [0.2, 0.25) is 5.02 Å². The maximum atomic E-state index is 12.5. The van der Waals surface area contributed by atoms with Crippen LogP contribution in [0.25, 0.3) is 0 Å². The molecule has 128 valence electrons. The van der Waals surface area contributed by atoms with Gasteiger partial charge in [0.2, 0.25) is 5.91 Å². The number of rotatable bonds is 4. The summed E-state index contributed by atoms with van der Waals surface area (Å²) in [7, 11) is 0. The van der Waals surface area contributed by atoms with Crippen LogP contribution in [0.4, 0.5) is 24.8 Å². The van der Waals surface area contributed by atoms with Crippen molar-refractivity contribution in [2.24, 2.45) is 0 Å². The number of carbonyl (C=O) groups excluding carboxylic acids is 1. The predicted octanol–water partition coefficient (Wildman–Crippen LogP) is 3.17. The van der Waals surface area contributed by atoms with Gasteiger partial charge in [0.05, 0.1) is 16.3 Å². The van der Waals surface area contributed by atoms with Crippen LogP contribution in [0.1, 0.15) is 11.3 Å². The predicted molar refractivity (Wildman–Crippen MR) is 84.8 cm³/mol. The summed E-state index contributed by atoms with van der Waals surface area (Å²) in [6.07, 6.45) is -3.96. The van der Waals surface area contributed by atoms with E-state index in [0.29, 0.717) is 23.1 Å². The molecule has 6 nitrogen and oxygen atoms in total. The van der Waals surface area contributed by atoms with Crippen LogP contribution in [0.15, 0.2) is 23.5 Å². The van der Waals surface area contributed by atoms with Gasteiger partial charge in [-0.3, -0.25) is 4.79 Å². The fraction of sp³-hybridized carbons (Fsp3) is 0.231. The van der Waals surface area contributed by atoms with Gasteiger partial charge < -0.3 is 11.1 Å². The molecule has 2 aromatic rings. The van der Waals surface area contributed by atoms with Crippen LogP contribution < -0.4 is 11.1 Å². The SMILES string of the molecule is Cc1cc(N)nc(SCC(=O)Nc2ncc(C(F)(F)F)cc2Cl)n1. The number of hydrogen-bond donors (Lipinski definition) is 2. The van der Waals surface area contributed by atoms with Gasteiger partial charge in [0.25, 0.3) is 0 Å². The number of thioether (sulfide) groups is 1. The van der Waals surface area contributed by atoms with Gasteiger partial charge in [0.1, 0.15) is 5.82 Å². The van der Waals surface area contributed by atoms with Crippen LogP contribution in [-0.2, 0) is 11.0 Å². The number of nitrogen functional groups attached to an aromatic ring is 1. The minimum absolute atomic E-state index is 0.0814. The van der Waals surface area contributed by atoms with Crippen LogP contribution in [0.3, 0.4) is 0 Å². The summed E-state index contributed by atoms with van der Waals surface area (Å²) in [6.45, 7) is 1.73. The van der Waals surface area contributed by atoms with E-state index in [0.717, 1.165) is 11.8 Å². The summed E-state index contributed by atoms with van der Waals surface area (Å²) in [5, 5.41) is 2.34. The second kappa shape index (κ2) is 7.22. The molecule has 0 saturated carbocycles. The fourth-order valence-electron chi connectivity index (χ4n) is 1.61. The van der Waals surface area contributed by atoms with Gasteiger partial charge in [-0.05, 0) is 13.0 Å². The molecule has 24 heavy (non-hydrogen) atoms. The highest BCUT2D eigenvalue weighted by Gasteiger charge is 2.31. The van der Waals surface area contributed by atoms with E-state index in [4.69, 9.17) is 17.3 Å². The van der Waals surface area contributed by atoms with E-state index in [2.05, 4.69) is 20.3 Å². The largest absolute Gasteiger partial charge is 0.417 e. The molecule has 0 aliphatic carbocycles. The smallest absolute Gasteiger partial charge is 0.384 e. The summed E-state index contributed by atoms with van der Waals surface area (Å²) in [5.74, 6) is -0.474. The maximum absolute atomic E-state index is 12.5. The number of hydrogen-bond acceptors (Lipinski definition) is 6. The summed E-state index contributed by atoms with van der Waals surface area (Å²) < 4.78 is 37.6. The molecular weight excluding hydrogens is 367 g/mol. The number of carbonyl (C=O) groups is 1. The Morgan fingerprint density at radius 3 is 2.67 bits per heavy atom. The summed E-state index contributed by atoms with van der Waals surface area (Å²) >= 11 is 6.74. The van der Waals surface area contributed by atoms with E-state index < -0.39 is 17.6 Å². The second-order valence-corrected chi connectivity index (χ2v) is 5.96. The lowest BCUT2D eigenvalue weighted by Gasteiger charge is -2.10. The van der Waals surface area contributed by atoms with Gasteiger partial charge in [-0.1, -0.05) is 23.4 Å². The Labute approximate surface area is 144 Å². The minimum atomic E-state index is -4.56. The lowest BCUT2D eigenvalue weighted by Crippen LogP contribution is -2.16. The van der Waals surface area contributed by atoms with Gasteiger partial charge in [0.15, 0.2) is 11.0 Å². The minimum Gasteiger partial charge on any atom is -0.384 e. The molecule has 3 N–H and O–H groups in total. The lowest BCUT2D eigenvalue weighted by molar-refractivity contribution is -0.137. The molecule has 0 aromatic carbocycles. The third kappa shape index (κ3) is 4.96. The van der Waals surface area contributed by atoms with Crippen molar-refractivity contribution >= 4 is 40.9 Å². The molecule has 11 heteroatoms. The monoisotopic (exact) mass is 377 g/mol. The zero-order chi connectivity index (χ0) is 17.9. The molecule has 0 aliphatic rings. The second-order valence-electron chi connectivity index (χ2n) is 4.61. The lowest BCUT2D eigenvalue weighted by atomic mass is 10.3. The molecule has 2 rings (SSSR count). The molecule has 0 fully saturated rings. The van der Waals surface area contributed by atoms with Gasteiger partial charge in [-0.2, -0.15) is 13.2 Å². The Hall–Kier alpha value is -2.07. The van der Waals surface area contributed by atoms with Crippen molar-refractivity contribution < 1.29 is 18.0 Å². The van der Waals surface area contributed by atoms with Crippen molar-refractivity contribution in [1.82, 2.24) is 15.0 Å². The number of nitrogens with zero attached hydrogens (tertiary/aromatic N) is 3. The van der Waals surface area contributed by atoms with Crippen LogP contribution in [0, 0.1) is 6.92 Å². The first-order valence-electron chi connectivity index (χ1n) is 6.41. The molecule has 0 atom stereocenters. The number of halogens is 4. The zero-order valence-electron chi connectivity index (χ0n) is 12.2. The van der Waals surface area contributed by atoms with Crippen LogP contribution >= 0.6 is 23.4 Å². The third-order valence-electron chi connectivity index (χ3n) is 2.61. The number of nitrogens with two attached hydrogens (primary N) is 1. The van der Waals surface area contributed by atoms with Crippen molar-refractivity contribution in [2.75, 3.05) is 16.8 Å². The Kier molecular flexibility index (Phi) is 5.50. The van der Waals surface area contributed by atoms with Gasteiger partial charge in [-0.15, -0.1) is 0 Å². The van der Waals surface area contributed by atoms with Crippen molar-refractivity contribution in [3.63, 3.8) is 0 Å². The van der Waals surface area contributed by atoms with Gasteiger partial charge in [-0.25, -0.2) is 15.0 Å². The van der Waals surface area contributed by atoms with Crippen molar-refractivity contribution in [1.29, 1.82) is 0 Å². The van der Waals surface area contributed by atoms with Crippen molar-refractivity contribution in [3.05, 3.63) is 34.6 Å². The molecule has 0 aliphatic heterocycles. The molecule has 2 heterocycles. The summed E-state index contributed by atoms with van der Waals surface area (Å²) in [6, 6.07) is 2.28. The Morgan fingerprint density at radius 1 is 1.38 bits per heavy atom. The average Bonchev–Trinajstić information content (AvgIpc) is 2.45. The molecule has 0 saturated heterocycles. The fourth-order valence-corrected chi connectivity index (χ4v) is 2.54. The molecule has 2 aromatic heterocycles. The standard InChI is InChI=1S/C13H11ClF3N5OS/c1-6-2-9(18)21-12(20-6)24-5-10(23)22-11-8(14)3-7(4-19-11)13(15,16)17/h2-4H,5H2,1H3,(H2,18,20,21)(H,19,22,23). The molecule has 0 bridgehead atoms. The maximum Gasteiger partial charge on any atom is 0.417 e. The Morgan fingerprint density at radius 2 is 2.08 bits per heavy atom. The highest BCUT2D eigenvalue weighted by molar-refractivity contribution is 7.99. The van der Waals surface area contributed by atoms with E-state index in [-0.39, 0.29) is 22.4 Å². The Balaban J connectivity index is 1.99. The first kappa shape index (κ1) is 18.3. The molecule has 0 unspecified atom stereocenters.